The van der Waals surface area contributed by atoms with Gasteiger partial charge in [-0.15, -0.1) is 0 Å². The van der Waals surface area contributed by atoms with Gasteiger partial charge in [-0.05, 0) is 56.0 Å². The van der Waals surface area contributed by atoms with Crippen molar-refractivity contribution >= 4 is 5.91 Å². The van der Waals surface area contributed by atoms with Crippen molar-refractivity contribution in [3.8, 4) is 11.4 Å². The van der Waals surface area contributed by atoms with Gasteiger partial charge in [0.05, 0.1) is 12.8 Å². The summed E-state index contributed by atoms with van der Waals surface area (Å²) in [5.74, 6) is 1.29. The molecule has 4 rings (SSSR count). The molecule has 1 heterocycles. The van der Waals surface area contributed by atoms with Crippen LogP contribution in [0.5, 0.6) is 5.75 Å². The topological polar surface area (TPSA) is 56.2 Å². The number of rotatable bonds is 5. The lowest BCUT2D eigenvalue weighted by Gasteiger charge is -2.10. The van der Waals surface area contributed by atoms with E-state index >= 15 is 0 Å². The highest BCUT2D eigenvalue weighted by Crippen LogP contribution is 2.41. The second kappa shape index (κ2) is 6.30. The number of nitrogens with one attached hydrogen (secondary N) is 1. The van der Waals surface area contributed by atoms with Crippen LogP contribution in [-0.4, -0.2) is 28.8 Å². The Morgan fingerprint density at radius 3 is 2.50 bits per heavy atom. The fourth-order valence-corrected chi connectivity index (χ4v) is 3.44. The molecule has 24 heavy (non-hydrogen) atoms. The molecule has 5 nitrogen and oxygen atoms in total. The van der Waals surface area contributed by atoms with E-state index in [1.54, 1.807) is 7.11 Å². The second-order valence-electron chi connectivity index (χ2n) is 6.79. The minimum atomic E-state index is -0.0453. The molecular weight excluding hydrogens is 302 g/mol. The largest absolute Gasteiger partial charge is 0.497 e. The predicted octanol–water partition coefficient (Wildman–Crippen LogP) is 3.43. The Kier molecular flexibility index (Phi) is 4.00. The number of methoxy groups -OCH3 is 1. The molecule has 1 N–H and O–H groups in total. The summed E-state index contributed by atoms with van der Waals surface area (Å²) in [6.07, 6.45) is 6.93. The van der Waals surface area contributed by atoms with Crippen LogP contribution < -0.4 is 10.1 Å². The SMILES string of the molecule is COc1ccc(-n2nc(C(=O)NC3CCCC3)cc2C2CC2)cc1. The van der Waals surface area contributed by atoms with Crippen LogP contribution in [0, 0.1) is 0 Å². The van der Waals surface area contributed by atoms with Gasteiger partial charge in [-0.2, -0.15) is 5.10 Å². The van der Waals surface area contributed by atoms with E-state index in [4.69, 9.17) is 4.74 Å². The average molecular weight is 325 g/mol. The molecule has 1 aromatic carbocycles. The van der Waals surface area contributed by atoms with Crippen molar-refractivity contribution in [3.05, 3.63) is 41.7 Å². The number of aromatic nitrogens is 2. The Morgan fingerprint density at radius 2 is 1.88 bits per heavy atom. The lowest BCUT2D eigenvalue weighted by molar-refractivity contribution is 0.0932. The molecule has 5 heteroatoms. The van der Waals surface area contributed by atoms with Gasteiger partial charge < -0.3 is 10.1 Å². The smallest absolute Gasteiger partial charge is 0.272 e. The van der Waals surface area contributed by atoms with Crippen LogP contribution in [0.4, 0.5) is 0 Å². The average Bonchev–Trinajstić information content (AvgIpc) is 3.15. The number of carbonyl (C=O) groups is 1. The van der Waals surface area contributed by atoms with Gasteiger partial charge in [-0.3, -0.25) is 4.79 Å². The number of amides is 1. The molecule has 2 fully saturated rings. The maximum absolute atomic E-state index is 12.5. The maximum Gasteiger partial charge on any atom is 0.272 e. The number of carbonyl (C=O) groups excluding carboxylic acids is 1. The molecule has 2 aliphatic rings. The Hall–Kier alpha value is -2.30. The second-order valence-corrected chi connectivity index (χ2v) is 6.79. The van der Waals surface area contributed by atoms with Gasteiger partial charge in [0.2, 0.25) is 0 Å². The first-order valence-corrected chi connectivity index (χ1v) is 8.80. The van der Waals surface area contributed by atoms with Crippen LogP contribution in [0.3, 0.4) is 0 Å². The maximum atomic E-state index is 12.5. The first-order valence-electron chi connectivity index (χ1n) is 8.80. The summed E-state index contributed by atoms with van der Waals surface area (Å²) >= 11 is 0. The number of hydrogen-bond donors (Lipinski definition) is 1. The van der Waals surface area contributed by atoms with Crippen LogP contribution in [0.1, 0.15) is 60.6 Å². The number of benzene rings is 1. The summed E-state index contributed by atoms with van der Waals surface area (Å²) in [4.78, 5) is 12.5. The molecule has 126 valence electrons. The van der Waals surface area contributed by atoms with E-state index in [-0.39, 0.29) is 5.91 Å². The summed E-state index contributed by atoms with van der Waals surface area (Å²) in [6, 6.07) is 10.1. The zero-order chi connectivity index (χ0) is 16.5. The molecule has 0 unspecified atom stereocenters. The van der Waals surface area contributed by atoms with Gasteiger partial charge in [0.1, 0.15) is 5.75 Å². The van der Waals surface area contributed by atoms with E-state index in [9.17, 15) is 4.79 Å². The molecule has 0 aliphatic heterocycles. The van der Waals surface area contributed by atoms with Crippen LogP contribution in [-0.2, 0) is 0 Å². The summed E-state index contributed by atoms with van der Waals surface area (Å²) in [6.45, 7) is 0. The third-order valence-corrected chi connectivity index (χ3v) is 4.97. The van der Waals surface area contributed by atoms with E-state index in [0.717, 1.165) is 30.0 Å². The van der Waals surface area contributed by atoms with Crippen molar-refractivity contribution in [1.29, 1.82) is 0 Å². The molecule has 2 saturated carbocycles. The Balaban J connectivity index is 1.60. The van der Waals surface area contributed by atoms with Crippen molar-refractivity contribution in [2.45, 2.75) is 50.5 Å². The third-order valence-electron chi connectivity index (χ3n) is 4.97. The van der Waals surface area contributed by atoms with Crippen LogP contribution in [0.25, 0.3) is 5.69 Å². The van der Waals surface area contributed by atoms with E-state index in [1.807, 2.05) is 35.0 Å². The first-order chi connectivity index (χ1) is 11.7. The van der Waals surface area contributed by atoms with Crippen LogP contribution >= 0.6 is 0 Å². The Morgan fingerprint density at radius 1 is 1.17 bits per heavy atom. The fraction of sp³-hybridized carbons (Fsp3) is 0.474. The molecule has 0 radical (unpaired) electrons. The van der Waals surface area contributed by atoms with Gasteiger partial charge >= 0.3 is 0 Å². The van der Waals surface area contributed by atoms with Gasteiger partial charge in [0.25, 0.3) is 5.91 Å². The third kappa shape index (κ3) is 3.03. The molecule has 1 amide bonds. The monoisotopic (exact) mass is 325 g/mol. The lowest BCUT2D eigenvalue weighted by atomic mass is 10.2. The fourth-order valence-electron chi connectivity index (χ4n) is 3.44. The highest BCUT2D eigenvalue weighted by atomic mass is 16.5. The van der Waals surface area contributed by atoms with Crippen molar-refractivity contribution in [1.82, 2.24) is 15.1 Å². The molecule has 0 bridgehead atoms. The Bertz CT molecular complexity index is 726. The summed E-state index contributed by atoms with van der Waals surface area (Å²) < 4.78 is 7.14. The quantitative estimate of drug-likeness (QED) is 0.916. The number of ether oxygens (including phenoxy) is 1. The zero-order valence-corrected chi connectivity index (χ0v) is 14.0. The van der Waals surface area contributed by atoms with Crippen LogP contribution in [0.2, 0.25) is 0 Å². The molecule has 0 saturated heterocycles. The van der Waals surface area contributed by atoms with Crippen LogP contribution in [0.15, 0.2) is 30.3 Å². The van der Waals surface area contributed by atoms with Gasteiger partial charge in [0, 0.05) is 17.7 Å². The first kappa shape index (κ1) is 15.2. The molecule has 1 aromatic heterocycles. The van der Waals surface area contributed by atoms with Crippen molar-refractivity contribution in [2.75, 3.05) is 7.11 Å². The minimum absolute atomic E-state index is 0.0453. The predicted molar refractivity (Wildman–Crippen MR) is 91.8 cm³/mol. The van der Waals surface area contributed by atoms with Gasteiger partial charge in [-0.1, -0.05) is 12.8 Å². The molecule has 2 aromatic rings. The highest BCUT2D eigenvalue weighted by Gasteiger charge is 2.30. The van der Waals surface area contributed by atoms with E-state index in [1.165, 1.54) is 25.7 Å². The minimum Gasteiger partial charge on any atom is -0.497 e. The number of nitrogens with zero attached hydrogens (tertiary/aromatic N) is 2. The molecule has 0 atom stereocenters. The normalized spacial score (nSPS) is 17.9. The number of hydrogen-bond acceptors (Lipinski definition) is 3. The van der Waals surface area contributed by atoms with Crippen molar-refractivity contribution in [2.24, 2.45) is 0 Å². The van der Waals surface area contributed by atoms with Crippen molar-refractivity contribution in [3.63, 3.8) is 0 Å². The van der Waals surface area contributed by atoms with Crippen molar-refractivity contribution < 1.29 is 9.53 Å². The standard InChI is InChI=1S/C19H23N3O2/c1-24-16-10-8-15(9-11-16)22-18(13-6-7-13)12-17(21-22)19(23)20-14-4-2-3-5-14/h8-14H,2-7H2,1H3,(H,20,23). The molecule has 2 aliphatic carbocycles. The molecular formula is C19H23N3O2. The Labute approximate surface area is 142 Å². The summed E-state index contributed by atoms with van der Waals surface area (Å²) in [5, 5.41) is 7.73. The summed E-state index contributed by atoms with van der Waals surface area (Å²) in [7, 11) is 1.66. The lowest BCUT2D eigenvalue weighted by Crippen LogP contribution is -2.32. The van der Waals surface area contributed by atoms with E-state index < -0.39 is 0 Å². The highest BCUT2D eigenvalue weighted by molar-refractivity contribution is 5.92. The van der Waals surface area contributed by atoms with Gasteiger partial charge in [-0.25, -0.2) is 4.68 Å². The summed E-state index contributed by atoms with van der Waals surface area (Å²) in [5.41, 5.74) is 2.63. The zero-order valence-electron chi connectivity index (χ0n) is 14.0. The van der Waals surface area contributed by atoms with Gasteiger partial charge in [0.15, 0.2) is 5.69 Å². The molecule has 0 spiro atoms. The van der Waals surface area contributed by atoms with E-state index in [0.29, 0.717) is 17.7 Å². The van der Waals surface area contributed by atoms with E-state index in [2.05, 4.69) is 10.4 Å².